The molecule has 150 valence electrons. The Balaban J connectivity index is 2.53. The van der Waals surface area contributed by atoms with Gasteiger partial charge in [-0.15, -0.1) is 0 Å². The van der Waals surface area contributed by atoms with Crippen LogP contribution in [0.3, 0.4) is 0 Å². The Kier molecular flexibility index (Phi) is 7.99. The minimum atomic E-state index is -0.157. The molecule has 0 aliphatic rings. The molecule has 0 unspecified atom stereocenters. The molecule has 0 saturated heterocycles. The molecule has 2 rings (SSSR count). The average Bonchev–Trinajstić information content (AvgIpc) is 2.68. The number of hydrogen-bond acceptors (Lipinski definition) is 3. The zero-order valence-electron chi connectivity index (χ0n) is 16.9. The second kappa shape index (κ2) is 10.7. The summed E-state index contributed by atoms with van der Waals surface area (Å²) in [6, 6.07) is 13.8. The largest absolute Gasteiger partial charge is 0.352 e. The minimum Gasteiger partial charge on any atom is -0.352 e. The summed E-state index contributed by atoms with van der Waals surface area (Å²) in [6.45, 7) is 5.19. The van der Waals surface area contributed by atoms with Crippen LogP contribution in [0.1, 0.15) is 37.5 Å². The van der Waals surface area contributed by atoms with E-state index in [1.54, 1.807) is 0 Å². The number of carbonyl (C=O) groups is 3. The topological polar surface area (TPSA) is 87.3 Å². The lowest BCUT2D eigenvalue weighted by molar-refractivity contribution is -0.119. The molecule has 2 aromatic rings. The number of rotatable bonds is 6. The highest BCUT2D eigenvalue weighted by molar-refractivity contribution is 5.75. The molecule has 0 atom stereocenters. The highest BCUT2D eigenvalue weighted by atomic mass is 16.2. The summed E-state index contributed by atoms with van der Waals surface area (Å²) in [7, 11) is 0. The minimum absolute atomic E-state index is 0.143. The first-order valence-corrected chi connectivity index (χ1v) is 9.30. The van der Waals surface area contributed by atoms with Gasteiger partial charge in [-0.2, -0.15) is 0 Å². The standard InChI is InChI=1S/C23H25N3O3/c1-16(27)24-11-7-10-23-21(14-25-17(2)28)12-20(19-8-5-4-6-9-19)13-22(23)15-26-18(3)29/h4-6,8-9,12-13H,11,14-15H2,1-3H3,(H,24,27)(H,25,28)(H,26,29). The SMILES string of the molecule is CC(=O)NCC#Cc1c(CNC(C)=O)cc(-c2ccccc2)cc1CNC(C)=O. The fraction of sp³-hybridized carbons (Fsp3) is 0.261. The van der Waals surface area contributed by atoms with Crippen LogP contribution in [0.25, 0.3) is 11.1 Å². The maximum Gasteiger partial charge on any atom is 0.217 e. The molecule has 0 aliphatic heterocycles. The van der Waals surface area contributed by atoms with Crippen molar-refractivity contribution >= 4 is 17.7 Å². The van der Waals surface area contributed by atoms with Crippen molar-refractivity contribution < 1.29 is 14.4 Å². The third-order valence-electron chi connectivity index (χ3n) is 4.10. The van der Waals surface area contributed by atoms with Crippen LogP contribution >= 0.6 is 0 Å². The molecule has 6 heteroatoms. The summed E-state index contributed by atoms with van der Waals surface area (Å²) in [5, 5.41) is 8.28. The van der Waals surface area contributed by atoms with Gasteiger partial charge in [0, 0.05) is 39.4 Å². The van der Waals surface area contributed by atoms with Crippen LogP contribution in [0, 0.1) is 11.8 Å². The second-order valence-corrected chi connectivity index (χ2v) is 6.57. The average molecular weight is 391 g/mol. The van der Waals surface area contributed by atoms with E-state index in [4.69, 9.17) is 0 Å². The Morgan fingerprint density at radius 1 is 0.759 bits per heavy atom. The van der Waals surface area contributed by atoms with Gasteiger partial charge in [-0.3, -0.25) is 14.4 Å². The molecule has 0 aliphatic carbocycles. The fourth-order valence-corrected chi connectivity index (χ4v) is 2.74. The van der Waals surface area contributed by atoms with Crippen LogP contribution in [0.4, 0.5) is 0 Å². The summed E-state index contributed by atoms with van der Waals surface area (Å²) in [4.78, 5) is 34.0. The van der Waals surface area contributed by atoms with Crippen LogP contribution < -0.4 is 16.0 Å². The van der Waals surface area contributed by atoms with E-state index in [0.717, 1.165) is 27.8 Å². The molecule has 0 aromatic heterocycles. The van der Waals surface area contributed by atoms with Gasteiger partial charge in [0.25, 0.3) is 0 Å². The first-order valence-electron chi connectivity index (χ1n) is 9.30. The van der Waals surface area contributed by atoms with Crippen molar-refractivity contribution in [1.29, 1.82) is 0 Å². The quantitative estimate of drug-likeness (QED) is 0.659. The molecule has 3 amide bonds. The van der Waals surface area contributed by atoms with Crippen LogP contribution in [0.15, 0.2) is 42.5 Å². The maximum atomic E-state index is 11.5. The highest BCUT2D eigenvalue weighted by Gasteiger charge is 2.12. The van der Waals surface area contributed by atoms with Crippen molar-refractivity contribution in [2.45, 2.75) is 33.9 Å². The second-order valence-electron chi connectivity index (χ2n) is 6.57. The summed E-state index contributed by atoms with van der Waals surface area (Å²) in [6.07, 6.45) is 0. The van der Waals surface area contributed by atoms with Gasteiger partial charge in [0.1, 0.15) is 0 Å². The highest BCUT2D eigenvalue weighted by Crippen LogP contribution is 2.26. The van der Waals surface area contributed by atoms with Gasteiger partial charge < -0.3 is 16.0 Å². The molecule has 0 spiro atoms. The lowest BCUT2D eigenvalue weighted by Crippen LogP contribution is -2.22. The van der Waals surface area contributed by atoms with Crippen LogP contribution in [0.2, 0.25) is 0 Å². The zero-order chi connectivity index (χ0) is 21.2. The van der Waals surface area contributed by atoms with Crippen molar-refractivity contribution in [1.82, 2.24) is 16.0 Å². The predicted octanol–water partition coefficient (Wildman–Crippen LogP) is 2.11. The lowest BCUT2D eigenvalue weighted by Gasteiger charge is -2.15. The Bertz CT molecular complexity index is 917. The van der Waals surface area contributed by atoms with Gasteiger partial charge in [-0.25, -0.2) is 0 Å². The van der Waals surface area contributed by atoms with E-state index < -0.39 is 0 Å². The Morgan fingerprint density at radius 2 is 1.28 bits per heavy atom. The molecular formula is C23H25N3O3. The Hall–Kier alpha value is -3.59. The number of nitrogens with one attached hydrogen (secondary N) is 3. The lowest BCUT2D eigenvalue weighted by atomic mass is 9.94. The Morgan fingerprint density at radius 3 is 1.76 bits per heavy atom. The van der Waals surface area contributed by atoms with E-state index in [9.17, 15) is 14.4 Å². The summed E-state index contributed by atoms with van der Waals surface area (Å²) in [5.74, 6) is 5.59. The summed E-state index contributed by atoms with van der Waals surface area (Å²) < 4.78 is 0. The maximum absolute atomic E-state index is 11.5. The van der Waals surface area contributed by atoms with Crippen molar-refractivity contribution in [2.75, 3.05) is 6.54 Å². The van der Waals surface area contributed by atoms with Crippen molar-refractivity contribution in [3.05, 3.63) is 59.2 Å². The summed E-state index contributed by atoms with van der Waals surface area (Å²) in [5.41, 5.74) is 4.42. The third-order valence-corrected chi connectivity index (χ3v) is 4.10. The zero-order valence-corrected chi connectivity index (χ0v) is 16.9. The molecule has 6 nitrogen and oxygen atoms in total. The number of amides is 3. The van der Waals surface area contributed by atoms with Gasteiger partial charge in [0.05, 0.1) is 6.54 Å². The molecule has 0 heterocycles. The molecule has 29 heavy (non-hydrogen) atoms. The van der Waals surface area contributed by atoms with Crippen LogP contribution in [-0.4, -0.2) is 24.3 Å². The molecule has 2 aromatic carbocycles. The number of benzene rings is 2. The van der Waals surface area contributed by atoms with E-state index in [2.05, 4.69) is 27.8 Å². The van der Waals surface area contributed by atoms with E-state index in [0.29, 0.717) is 13.1 Å². The summed E-state index contributed by atoms with van der Waals surface area (Å²) >= 11 is 0. The van der Waals surface area contributed by atoms with E-state index >= 15 is 0 Å². The molecule has 0 bridgehead atoms. The van der Waals surface area contributed by atoms with Gasteiger partial charge in [-0.1, -0.05) is 42.2 Å². The fourth-order valence-electron chi connectivity index (χ4n) is 2.74. The molecule has 0 fully saturated rings. The normalized spacial score (nSPS) is 9.76. The predicted molar refractivity (Wildman–Crippen MR) is 112 cm³/mol. The number of carbonyl (C=O) groups excluding carboxylic acids is 3. The first-order chi connectivity index (χ1) is 13.9. The van der Waals surface area contributed by atoms with Crippen molar-refractivity contribution in [3.63, 3.8) is 0 Å². The number of hydrogen-bond donors (Lipinski definition) is 3. The van der Waals surface area contributed by atoms with E-state index in [-0.39, 0.29) is 24.3 Å². The molecular weight excluding hydrogens is 366 g/mol. The molecule has 3 N–H and O–H groups in total. The third kappa shape index (κ3) is 7.15. The first kappa shape index (κ1) is 21.7. The van der Waals surface area contributed by atoms with Gasteiger partial charge in [0.15, 0.2) is 0 Å². The van der Waals surface area contributed by atoms with Gasteiger partial charge in [-0.05, 0) is 34.4 Å². The van der Waals surface area contributed by atoms with Gasteiger partial charge in [0.2, 0.25) is 17.7 Å². The van der Waals surface area contributed by atoms with Gasteiger partial charge >= 0.3 is 0 Å². The smallest absolute Gasteiger partial charge is 0.217 e. The van der Waals surface area contributed by atoms with Crippen molar-refractivity contribution in [2.24, 2.45) is 0 Å². The van der Waals surface area contributed by atoms with Crippen LogP contribution in [0.5, 0.6) is 0 Å². The molecule has 0 saturated carbocycles. The van der Waals surface area contributed by atoms with Crippen molar-refractivity contribution in [3.8, 4) is 23.0 Å². The van der Waals surface area contributed by atoms with E-state index in [1.165, 1.54) is 20.8 Å². The molecule has 0 radical (unpaired) electrons. The van der Waals surface area contributed by atoms with Crippen LogP contribution in [-0.2, 0) is 27.5 Å². The Labute approximate surface area is 171 Å². The van der Waals surface area contributed by atoms with E-state index in [1.807, 2.05) is 42.5 Å². The monoisotopic (exact) mass is 391 g/mol.